The zero-order valence-electron chi connectivity index (χ0n) is 7.82. The number of hydrogen-bond acceptors (Lipinski definition) is 3. The van der Waals surface area contributed by atoms with Crippen molar-refractivity contribution in [1.29, 1.82) is 5.41 Å². The van der Waals surface area contributed by atoms with Gasteiger partial charge in [-0.2, -0.15) is 0 Å². The van der Waals surface area contributed by atoms with E-state index < -0.39 is 9.84 Å². The fraction of sp³-hybridized carbons (Fsp3) is 0.100. The van der Waals surface area contributed by atoms with Crippen molar-refractivity contribution in [3.63, 3.8) is 0 Å². The second-order valence-electron chi connectivity index (χ2n) is 2.92. The minimum Gasteiger partial charge on any atom is -0.308 e. The molecule has 4 heteroatoms. The van der Waals surface area contributed by atoms with Crippen LogP contribution in [0, 0.1) is 5.41 Å². The van der Waals surface area contributed by atoms with Crippen LogP contribution in [0.5, 0.6) is 0 Å². The van der Waals surface area contributed by atoms with Crippen molar-refractivity contribution in [2.75, 3.05) is 0 Å². The topological polar surface area (TPSA) is 58.0 Å². The Morgan fingerprint density at radius 2 is 2.14 bits per heavy atom. The molecule has 1 aromatic rings. The highest BCUT2D eigenvalue weighted by Gasteiger charge is 2.14. The molecule has 0 saturated heterocycles. The van der Waals surface area contributed by atoms with Crippen molar-refractivity contribution in [3.05, 3.63) is 41.3 Å². The van der Waals surface area contributed by atoms with E-state index in [2.05, 4.69) is 6.58 Å². The first kappa shape index (κ1) is 10.7. The Morgan fingerprint density at radius 3 is 2.64 bits per heavy atom. The van der Waals surface area contributed by atoms with E-state index in [0.717, 1.165) is 6.21 Å². The van der Waals surface area contributed by atoms with E-state index >= 15 is 0 Å². The fourth-order valence-corrected chi connectivity index (χ4v) is 1.92. The Labute approximate surface area is 83.5 Å². The lowest BCUT2D eigenvalue weighted by Crippen LogP contribution is -2.01. The van der Waals surface area contributed by atoms with Gasteiger partial charge in [0.2, 0.25) is 9.84 Å². The lowest BCUT2D eigenvalue weighted by molar-refractivity contribution is 0.602. The van der Waals surface area contributed by atoms with Crippen LogP contribution < -0.4 is 0 Å². The zero-order chi connectivity index (χ0) is 10.8. The summed E-state index contributed by atoms with van der Waals surface area (Å²) in [7, 11) is -3.41. The summed E-state index contributed by atoms with van der Waals surface area (Å²) in [5.74, 6) is 0. The van der Waals surface area contributed by atoms with Crippen LogP contribution in [-0.4, -0.2) is 14.6 Å². The first-order valence-electron chi connectivity index (χ1n) is 3.99. The van der Waals surface area contributed by atoms with Crippen LogP contribution in [0.25, 0.3) is 0 Å². The molecule has 1 aromatic carbocycles. The summed E-state index contributed by atoms with van der Waals surface area (Å²) in [6.07, 6.45) is 1.11. The molecule has 3 nitrogen and oxygen atoms in total. The number of nitrogens with one attached hydrogen (secondary N) is 1. The molecule has 74 valence electrons. The molecule has 0 heterocycles. The SMILES string of the molecule is C=C(C)S(=O)(=O)c1cccc(C=N)c1. The molecular weight excluding hydrogens is 198 g/mol. The molecule has 0 spiro atoms. The third kappa shape index (κ3) is 1.90. The standard InChI is InChI=1S/C10H11NO2S/c1-8(2)14(12,13)10-5-3-4-9(6-10)7-11/h3-7,11H,1H2,2H3. The quantitative estimate of drug-likeness (QED) is 0.774. The van der Waals surface area contributed by atoms with Crippen LogP contribution in [-0.2, 0) is 9.84 Å². The smallest absolute Gasteiger partial charge is 0.201 e. The second kappa shape index (κ2) is 3.75. The first-order chi connectivity index (χ1) is 6.48. The monoisotopic (exact) mass is 209 g/mol. The van der Waals surface area contributed by atoms with E-state index in [1.165, 1.54) is 19.1 Å². The van der Waals surface area contributed by atoms with Crippen LogP contribution in [0.15, 0.2) is 40.6 Å². The molecule has 14 heavy (non-hydrogen) atoms. The largest absolute Gasteiger partial charge is 0.308 e. The molecule has 0 aliphatic carbocycles. The van der Waals surface area contributed by atoms with Gasteiger partial charge in [0.1, 0.15) is 0 Å². The van der Waals surface area contributed by atoms with E-state index in [1.807, 2.05) is 0 Å². The number of allylic oxidation sites excluding steroid dienone is 1. The molecule has 0 bridgehead atoms. The Balaban J connectivity index is 3.34. The van der Waals surface area contributed by atoms with Gasteiger partial charge in [0.15, 0.2) is 0 Å². The molecule has 1 N–H and O–H groups in total. The van der Waals surface area contributed by atoms with Crippen LogP contribution in [0.3, 0.4) is 0 Å². The highest BCUT2D eigenvalue weighted by atomic mass is 32.2. The molecule has 0 atom stereocenters. The maximum Gasteiger partial charge on any atom is 0.201 e. The highest BCUT2D eigenvalue weighted by Crippen LogP contribution is 2.17. The third-order valence-electron chi connectivity index (χ3n) is 1.79. The van der Waals surface area contributed by atoms with Crippen molar-refractivity contribution >= 4 is 16.1 Å². The Bertz CT molecular complexity index is 475. The van der Waals surface area contributed by atoms with Gasteiger partial charge in [0, 0.05) is 11.1 Å². The van der Waals surface area contributed by atoms with E-state index in [-0.39, 0.29) is 9.80 Å². The van der Waals surface area contributed by atoms with Crippen LogP contribution >= 0.6 is 0 Å². The average Bonchev–Trinajstić information content (AvgIpc) is 2.17. The molecular formula is C10H11NO2S. The van der Waals surface area contributed by atoms with Crippen molar-refractivity contribution in [1.82, 2.24) is 0 Å². The summed E-state index contributed by atoms with van der Waals surface area (Å²) < 4.78 is 23.3. The first-order valence-corrected chi connectivity index (χ1v) is 5.48. The van der Waals surface area contributed by atoms with Crippen LogP contribution in [0.1, 0.15) is 12.5 Å². The van der Waals surface area contributed by atoms with E-state index in [1.54, 1.807) is 12.1 Å². The number of hydrogen-bond donors (Lipinski definition) is 1. The number of benzene rings is 1. The summed E-state index contributed by atoms with van der Waals surface area (Å²) >= 11 is 0. The van der Waals surface area contributed by atoms with Crippen molar-refractivity contribution in [3.8, 4) is 0 Å². The normalized spacial score (nSPS) is 10.9. The lowest BCUT2D eigenvalue weighted by Gasteiger charge is -2.03. The van der Waals surface area contributed by atoms with Gasteiger partial charge >= 0.3 is 0 Å². The Morgan fingerprint density at radius 1 is 1.50 bits per heavy atom. The van der Waals surface area contributed by atoms with Gasteiger partial charge in [-0.1, -0.05) is 18.7 Å². The second-order valence-corrected chi connectivity index (χ2v) is 5.10. The number of sulfone groups is 1. The highest BCUT2D eigenvalue weighted by molar-refractivity contribution is 7.95. The molecule has 0 aliphatic rings. The van der Waals surface area contributed by atoms with Gasteiger partial charge in [-0.05, 0) is 24.6 Å². The molecule has 0 amide bonds. The van der Waals surface area contributed by atoms with Crippen molar-refractivity contribution in [2.45, 2.75) is 11.8 Å². The van der Waals surface area contributed by atoms with E-state index in [9.17, 15) is 8.42 Å². The van der Waals surface area contributed by atoms with Crippen LogP contribution in [0.4, 0.5) is 0 Å². The summed E-state index contributed by atoms with van der Waals surface area (Å²) in [5, 5.41) is 7.01. The molecule has 0 aliphatic heterocycles. The summed E-state index contributed by atoms with van der Waals surface area (Å²) in [6.45, 7) is 4.86. The predicted molar refractivity (Wildman–Crippen MR) is 56.3 cm³/mol. The summed E-state index contributed by atoms with van der Waals surface area (Å²) in [4.78, 5) is 0.297. The number of rotatable bonds is 3. The Hall–Kier alpha value is -1.42. The lowest BCUT2D eigenvalue weighted by atomic mass is 10.2. The molecule has 1 rings (SSSR count). The fourth-order valence-electron chi connectivity index (χ4n) is 0.973. The zero-order valence-corrected chi connectivity index (χ0v) is 8.64. The van der Waals surface area contributed by atoms with Gasteiger partial charge in [-0.3, -0.25) is 0 Å². The van der Waals surface area contributed by atoms with Crippen molar-refractivity contribution < 1.29 is 8.42 Å². The minimum absolute atomic E-state index is 0.111. The van der Waals surface area contributed by atoms with Crippen LogP contribution in [0.2, 0.25) is 0 Å². The van der Waals surface area contributed by atoms with Gasteiger partial charge < -0.3 is 5.41 Å². The van der Waals surface area contributed by atoms with Gasteiger partial charge in [-0.15, -0.1) is 0 Å². The third-order valence-corrected chi connectivity index (χ3v) is 3.59. The molecule has 0 saturated carbocycles. The maximum absolute atomic E-state index is 11.6. The molecule has 0 radical (unpaired) electrons. The molecule has 0 fully saturated rings. The van der Waals surface area contributed by atoms with Gasteiger partial charge in [0.25, 0.3) is 0 Å². The molecule has 0 unspecified atom stereocenters. The minimum atomic E-state index is -3.41. The summed E-state index contributed by atoms with van der Waals surface area (Å²) in [6, 6.07) is 6.23. The van der Waals surface area contributed by atoms with E-state index in [0.29, 0.717) is 5.56 Å². The summed E-state index contributed by atoms with van der Waals surface area (Å²) in [5.41, 5.74) is 0.562. The van der Waals surface area contributed by atoms with Gasteiger partial charge in [-0.25, -0.2) is 8.42 Å². The van der Waals surface area contributed by atoms with Crippen molar-refractivity contribution in [2.24, 2.45) is 0 Å². The maximum atomic E-state index is 11.6. The van der Waals surface area contributed by atoms with Gasteiger partial charge in [0.05, 0.1) is 4.90 Å². The average molecular weight is 209 g/mol. The Kier molecular flexibility index (Phi) is 2.86. The van der Waals surface area contributed by atoms with E-state index in [4.69, 9.17) is 5.41 Å². The molecule has 0 aromatic heterocycles. The predicted octanol–water partition coefficient (Wildman–Crippen LogP) is 1.99.